The molecule has 0 aromatic heterocycles. The Hall–Kier alpha value is -2.23. The van der Waals surface area contributed by atoms with E-state index in [9.17, 15) is 27.6 Å². The lowest BCUT2D eigenvalue weighted by molar-refractivity contribution is -0.145. The number of carbonyl (C=O) groups excluding carboxylic acids is 3. The van der Waals surface area contributed by atoms with Gasteiger partial charge in [0.25, 0.3) is 5.91 Å². The number of halogens is 3. The van der Waals surface area contributed by atoms with Crippen LogP contribution < -0.4 is 5.32 Å². The fraction of sp³-hybridized carbons (Fsp3) is 0.471. The number of thioether (sulfide) groups is 1. The highest BCUT2D eigenvalue weighted by Crippen LogP contribution is 2.36. The third-order valence-corrected chi connectivity index (χ3v) is 3.93. The largest absolute Gasteiger partial charge is 0.467 e. The summed E-state index contributed by atoms with van der Waals surface area (Å²) in [4.78, 5) is 35.3. The molecule has 1 amide bonds. The van der Waals surface area contributed by atoms with Crippen molar-refractivity contribution in [3.8, 4) is 0 Å². The molecular weight excluding hydrogens is 387 g/mol. The second kappa shape index (κ2) is 10.2. The van der Waals surface area contributed by atoms with Crippen molar-refractivity contribution in [2.45, 2.75) is 36.7 Å². The molecule has 10 heteroatoms. The molecule has 1 rings (SSSR count). The van der Waals surface area contributed by atoms with E-state index in [1.54, 1.807) is 0 Å². The Labute approximate surface area is 158 Å². The molecule has 1 aromatic carbocycles. The highest BCUT2D eigenvalue weighted by atomic mass is 32.2. The minimum absolute atomic E-state index is 0.000947. The summed E-state index contributed by atoms with van der Waals surface area (Å²) in [5, 5.41) is 2.42. The predicted octanol–water partition coefficient (Wildman–Crippen LogP) is 3.16. The first-order valence-corrected chi connectivity index (χ1v) is 8.73. The van der Waals surface area contributed by atoms with Gasteiger partial charge in [0.15, 0.2) is 6.61 Å². The van der Waals surface area contributed by atoms with E-state index in [1.165, 1.54) is 19.2 Å². The molecule has 0 saturated carbocycles. The summed E-state index contributed by atoms with van der Waals surface area (Å²) in [6.07, 6.45) is 0.352. The van der Waals surface area contributed by atoms with Crippen LogP contribution in [0.1, 0.15) is 30.6 Å². The maximum atomic E-state index is 12.3. The first kappa shape index (κ1) is 22.8. The number of esters is 2. The van der Waals surface area contributed by atoms with E-state index in [2.05, 4.69) is 10.1 Å². The number of nitrogens with one attached hydrogen (secondary N) is 1. The van der Waals surface area contributed by atoms with E-state index in [0.717, 1.165) is 12.1 Å². The zero-order chi connectivity index (χ0) is 20.6. The predicted molar refractivity (Wildman–Crippen MR) is 92.0 cm³/mol. The van der Waals surface area contributed by atoms with Gasteiger partial charge < -0.3 is 14.8 Å². The molecule has 27 heavy (non-hydrogen) atoms. The maximum absolute atomic E-state index is 12.3. The van der Waals surface area contributed by atoms with Crippen LogP contribution in [-0.2, 0) is 19.1 Å². The molecule has 6 nitrogen and oxygen atoms in total. The molecule has 0 heterocycles. The molecule has 0 aliphatic heterocycles. The molecule has 0 aliphatic rings. The fourth-order valence-electron chi connectivity index (χ4n) is 2.07. The fourth-order valence-corrected chi connectivity index (χ4v) is 2.61. The summed E-state index contributed by atoms with van der Waals surface area (Å²) >= 11 is -0.304. The van der Waals surface area contributed by atoms with Crippen molar-refractivity contribution in [2.24, 2.45) is 5.92 Å². The second-order valence-corrected chi connectivity index (χ2v) is 7.06. The Balaban J connectivity index is 2.57. The molecule has 1 aromatic rings. The van der Waals surface area contributed by atoms with Gasteiger partial charge in [-0.3, -0.25) is 4.79 Å². The summed E-state index contributed by atoms with van der Waals surface area (Å²) in [5.74, 6) is -2.05. The lowest BCUT2D eigenvalue weighted by Gasteiger charge is -2.18. The van der Waals surface area contributed by atoms with Crippen LogP contribution in [0, 0.1) is 5.92 Å². The zero-order valence-corrected chi connectivity index (χ0v) is 15.8. The van der Waals surface area contributed by atoms with Gasteiger partial charge in [0.1, 0.15) is 6.04 Å². The van der Waals surface area contributed by atoms with E-state index in [4.69, 9.17) is 4.74 Å². The van der Waals surface area contributed by atoms with Crippen molar-refractivity contribution < 1.29 is 37.0 Å². The third-order valence-electron chi connectivity index (χ3n) is 3.19. The molecule has 1 N–H and O–H groups in total. The van der Waals surface area contributed by atoms with Gasteiger partial charge in [0.05, 0.1) is 12.7 Å². The van der Waals surface area contributed by atoms with Crippen molar-refractivity contribution in [3.05, 3.63) is 29.8 Å². The van der Waals surface area contributed by atoms with Crippen molar-refractivity contribution in [1.82, 2.24) is 5.32 Å². The van der Waals surface area contributed by atoms with Crippen LogP contribution in [0.4, 0.5) is 13.2 Å². The topological polar surface area (TPSA) is 81.7 Å². The van der Waals surface area contributed by atoms with Gasteiger partial charge in [-0.2, -0.15) is 13.2 Å². The second-order valence-electron chi connectivity index (χ2n) is 5.92. The lowest BCUT2D eigenvalue weighted by atomic mass is 10.0. The molecule has 0 fully saturated rings. The number of rotatable bonds is 8. The average Bonchev–Trinajstić information content (AvgIpc) is 2.57. The number of benzene rings is 1. The monoisotopic (exact) mass is 407 g/mol. The maximum Gasteiger partial charge on any atom is 0.446 e. The molecule has 0 unspecified atom stereocenters. The van der Waals surface area contributed by atoms with Crippen LogP contribution in [0.15, 0.2) is 29.2 Å². The van der Waals surface area contributed by atoms with E-state index >= 15 is 0 Å². The smallest absolute Gasteiger partial charge is 0.446 e. The normalized spacial score (nSPS) is 12.4. The van der Waals surface area contributed by atoms with Crippen LogP contribution in [-0.4, -0.2) is 43.1 Å². The third kappa shape index (κ3) is 8.80. The minimum atomic E-state index is -4.42. The Morgan fingerprint density at radius 2 is 1.74 bits per heavy atom. The molecule has 0 radical (unpaired) electrons. The summed E-state index contributed by atoms with van der Waals surface area (Å²) < 4.78 is 46.2. The zero-order valence-electron chi connectivity index (χ0n) is 15.0. The van der Waals surface area contributed by atoms with Crippen molar-refractivity contribution >= 4 is 29.6 Å². The van der Waals surface area contributed by atoms with Gasteiger partial charge in [-0.05, 0) is 48.4 Å². The lowest BCUT2D eigenvalue weighted by Crippen LogP contribution is -2.44. The number of carbonyl (C=O) groups is 3. The van der Waals surface area contributed by atoms with E-state index in [1.807, 2.05) is 13.8 Å². The van der Waals surface area contributed by atoms with Crippen molar-refractivity contribution in [2.75, 3.05) is 13.7 Å². The highest BCUT2D eigenvalue weighted by Gasteiger charge is 2.29. The quantitative estimate of drug-likeness (QED) is 0.527. The molecule has 150 valence electrons. The standard InChI is InChI=1S/C17H20F3NO5S/c1-10(2)8-13(16(24)25-3)21-14(22)9-26-15(23)11-4-6-12(7-5-11)27-17(18,19)20/h4-7,10,13H,8-9H2,1-3H3,(H,21,22)/t13-/m0/s1. The van der Waals surface area contributed by atoms with E-state index in [0.29, 0.717) is 6.42 Å². The first-order chi connectivity index (χ1) is 12.5. The number of hydrogen-bond acceptors (Lipinski definition) is 6. The van der Waals surface area contributed by atoms with Gasteiger partial charge in [0.2, 0.25) is 0 Å². The molecule has 1 atom stereocenters. The highest BCUT2D eigenvalue weighted by molar-refractivity contribution is 8.00. The Morgan fingerprint density at radius 3 is 2.22 bits per heavy atom. The van der Waals surface area contributed by atoms with Gasteiger partial charge in [-0.25, -0.2) is 9.59 Å². The molecular formula is C17H20F3NO5S. The number of ether oxygens (including phenoxy) is 2. The van der Waals surface area contributed by atoms with Gasteiger partial charge in [-0.1, -0.05) is 13.8 Å². The SMILES string of the molecule is COC(=O)[C@H](CC(C)C)NC(=O)COC(=O)c1ccc(SC(F)(F)F)cc1. The summed E-state index contributed by atoms with van der Waals surface area (Å²) in [5.41, 5.74) is -4.42. The number of methoxy groups -OCH3 is 1. The van der Waals surface area contributed by atoms with Gasteiger partial charge in [0, 0.05) is 4.90 Å². The average molecular weight is 407 g/mol. The molecule has 0 bridgehead atoms. The Kier molecular flexibility index (Phi) is 8.61. The minimum Gasteiger partial charge on any atom is -0.467 e. The van der Waals surface area contributed by atoms with E-state index in [-0.39, 0.29) is 28.1 Å². The van der Waals surface area contributed by atoms with Crippen LogP contribution in [0.3, 0.4) is 0 Å². The van der Waals surface area contributed by atoms with Crippen molar-refractivity contribution in [1.29, 1.82) is 0 Å². The number of hydrogen-bond donors (Lipinski definition) is 1. The van der Waals surface area contributed by atoms with Crippen molar-refractivity contribution in [3.63, 3.8) is 0 Å². The number of alkyl halides is 3. The summed E-state index contributed by atoms with van der Waals surface area (Å²) in [7, 11) is 1.20. The molecule has 0 aliphatic carbocycles. The van der Waals surface area contributed by atoms with Crippen LogP contribution >= 0.6 is 11.8 Å². The van der Waals surface area contributed by atoms with Crippen LogP contribution in [0.5, 0.6) is 0 Å². The van der Waals surface area contributed by atoms with Crippen LogP contribution in [0.25, 0.3) is 0 Å². The Bertz CT molecular complexity index is 662. The van der Waals surface area contributed by atoms with Gasteiger partial charge in [-0.15, -0.1) is 0 Å². The number of amides is 1. The summed E-state index contributed by atoms with van der Waals surface area (Å²) in [6, 6.07) is 3.74. The van der Waals surface area contributed by atoms with E-state index < -0.39 is 36.0 Å². The Morgan fingerprint density at radius 1 is 1.15 bits per heavy atom. The summed E-state index contributed by atoms with van der Waals surface area (Å²) in [6.45, 7) is 3.09. The van der Waals surface area contributed by atoms with Gasteiger partial charge >= 0.3 is 17.4 Å². The first-order valence-electron chi connectivity index (χ1n) is 7.92. The van der Waals surface area contributed by atoms with Crippen LogP contribution in [0.2, 0.25) is 0 Å². The molecule has 0 spiro atoms. The molecule has 0 saturated heterocycles.